The molecule has 170 valence electrons. The number of amides is 1. The summed E-state index contributed by atoms with van der Waals surface area (Å²) in [5.74, 6) is 1.50. The maximum absolute atomic E-state index is 13.2. The van der Waals surface area contributed by atoms with Crippen molar-refractivity contribution in [1.82, 2.24) is 19.7 Å². The Morgan fingerprint density at radius 2 is 1.59 bits per heavy atom. The van der Waals surface area contributed by atoms with Crippen molar-refractivity contribution in [3.8, 4) is 22.8 Å². The van der Waals surface area contributed by atoms with Gasteiger partial charge in [0, 0.05) is 17.8 Å². The number of carbonyl (C=O) groups is 1. The predicted molar refractivity (Wildman–Crippen MR) is 131 cm³/mol. The highest BCUT2D eigenvalue weighted by Crippen LogP contribution is 2.34. The first-order valence-electron chi connectivity index (χ1n) is 10.9. The smallest absolute Gasteiger partial charge is 0.236 e. The van der Waals surface area contributed by atoms with E-state index in [0.29, 0.717) is 11.0 Å². The summed E-state index contributed by atoms with van der Waals surface area (Å²) in [5.41, 5.74) is 2.95. The third-order valence-electron chi connectivity index (χ3n) is 5.27. The Labute approximate surface area is 195 Å². The lowest BCUT2D eigenvalue weighted by Gasteiger charge is -2.32. The van der Waals surface area contributed by atoms with Crippen molar-refractivity contribution < 1.29 is 9.53 Å². The highest BCUT2D eigenvalue weighted by Gasteiger charge is 2.28. The Bertz CT molecular complexity index is 1050. The number of nitrogens with zero attached hydrogens (tertiary/aromatic N) is 4. The number of carbonyl (C=O) groups excluding carboxylic acids is 1. The van der Waals surface area contributed by atoms with Gasteiger partial charge in [0.15, 0.2) is 11.0 Å². The van der Waals surface area contributed by atoms with Crippen molar-refractivity contribution in [2.45, 2.75) is 64.0 Å². The van der Waals surface area contributed by atoms with Crippen molar-refractivity contribution in [1.29, 1.82) is 0 Å². The number of aromatic nitrogens is 3. The Balaban J connectivity index is 2.06. The molecule has 0 N–H and O–H groups in total. The molecular weight excluding hydrogens is 420 g/mol. The minimum Gasteiger partial charge on any atom is -0.496 e. The molecule has 1 atom stereocenters. The fourth-order valence-electron chi connectivity index (χ4n) is 3.80. The topological polar surface area (TPSA) is 60.3 Å². The van der Waals surface area contributed by atoms with Gasteiger partial charge in [0.2, 0.25) is 5.91 Å². The first-order valence-corrected chi connectivity index (χ1v) is 11.8. The molecule has 6 nitrogen and oxygen atoms in total. The zero-order chi connectivity index (χ0) is 23.4. The van der Waals surface area contributed by atoms with Crippen LogP contribution in [0.4, 0.5) is 0 Å². The lowest BCUT2D eigenvalue weighted by molar-refractivity contribution is -0.133. The summed E-state index contributed by atoms with van der Waals surface area (Å²) >= 11 is 1.43. The molecule has 3 aromatic rings. The van der Waals surface area contributed by atoms with Gasteiger partial charge in [-0.05, 0) is 65.8 Å². The number of thioether (sulfide) groups is 1. The molecule has 3 rings (SSSR count). The highest BCUT2D eigenvalue weighted by atomic mass is 32.2. The van der Waals surface area contributed by atoms with Crippen molar-refractivity contribution in [3.63, 3.8) is 0 Å². The summed E-state index contributed by atoms with van der Waals surface area (Å²) in [5, 5.41) is 9.36. The van der Waals surface area contributed by atoms with Crippen LogP contribution in [-0.2, 0) is 4.79 Å². The van der Waals surface area contributed by atoms with Crippen LogP contribution in [0.15, 0.2) is 53.7 Å². The van der Waals surface area contributed by atoms with Crippen LogP contribution in [0.1, 0.15) is 40.2 Å². The zero-order valence-corrected chi connectivity index (χ0v) is 20.7. The number of benzene rings is 2. The molecule has 1 aromatic heterocycles. The van der Waals surface area contributed by atoms with Gasteiger partial charge in [0.1, 0.15) is 5.75 Å². The third-order valence-corrected chi connectivity index (χ3v) is 6.30. The molecule has 0 fully saturated rings. The van der Waals surface area contributed by atoms with E-state index in [0.717, 1.165) is 17.0 Å². The average Bonchev–Trinajstić information content (AvgIpc) is 3.16. The largest absolute Gasteiger partial charge is 0.496 e. The second kappa shape index (κ2) is 10.2. The van der Waals surface area contributed by atoms with Gasteiger partial charge in [-0.2, -0.15) is 0 Å². The summed E-state index contributed by atoms with van der Waals surface area (Å²) in [6.07, 6.45) is 0. The summed E-state index contributed by atoms with van der Waals surface area (Å²) in [4.78, 5) is 15.1. The fraction of sp³-hybridized carbons (Fsp3) is 0.400. The average molecular weight is 453 g/mol. The number of rotatable bonds is 8. The van der Waals surface area contributed by atoms with Gasteiger partial charge in [0.25, 0.3) is 0 Å². The van der Waals surface area contributed by atoms with E-state index in [1.165, 1.54) is 17.3 Å². The van der Waals surface area contributed by atoms with Crippen LogP contribution in [0, 0.1) is 6.92 Å². The van der Waals surface area contributed by atoms with Gasteiger partial charge >= 0.3 is 0 Å². The van der Waals surface area contributed by atoms with Crippen LogP contribution in [-0.4, -0.2) is 50.0 Å². The van der Waals surface area contributed by atoms with E-state index in [4.69, 9.17) is 4.74 Å². The molecule has 0 aliphatic heterocycles. The molecule has 7 heteroatoms. The Morgan fingerprint density at radius 3 is 2.19 bits per heavy atom. The normalized spacial score (nSPS) is 12.3. The van der Waals surface area contributed by atoms with Crippen molar-refractivity contribution in [3.05, 3.63) is 54.1 Å². The van der Waals surface area contributed by atoms with Gasteiger partial charge < -0.3 is 9.64 Å². The SMILES string of the molecule is COc1ccccc1-c1nnc(SC(C)C(=O)N(C(C)C)C(C)C)n1-c1ccc(C)cc1. The summed E-state index contributed by atoms with van der Waals surface area (Å²) in [6.45, 7) is 12.2. The van der Waals surface area contributed by atoms with E-state index in [1.807, 2.05) is 80.5 Å². The molecular formula is C25H32N4O2S. The van der Waals surface area contributed by atoms with Crippen LogP contribution >= 0.6 is 11.8 Å². The molecule has 0 radical (unpaired) electrons. The molecule has 0 bridgehead atoms. The fourth-order valence-corrected chi connectivity index (χ4v) is 4.72. The monoisotopic (exact) mass is 452 g/mol. The van der Waals surface area contributed by atoms with Crippen molar-refractivity contribution in [2.75, 3.05) is 7.11 Å². The molecule has 0 saturated heterocycles. The molecule has 0 aliphatic rings. The number of methoxy groups -OCH3 is 1. The molecule has 1 heterocycles. The summed E-state index contributed by atoms with van der Waals surface area (Å²) in [6, 6.07) is 16.2. The molecule has 0 spiro atoms. The maximum atomic E-state index is 13.2. The van der Waals surface area contributed by atoms with E-state index in [2.05, 4.69) is 29.3 Å². The maximum Gasteiger partial charge on any atom is 0.236 e. The quantitative estimate of drug-likeness (QED) is 0.430. The third kappa shape index (κ3) is 4.99. The molecule has 1 amide bonds. The summed E-state index contributed by atoms with van der Waals surface area (Å²) < 4.78 is 7.57. The molecule has 0 aliphatic carbocycles. The van der Waals surface area contributed by atoms with Crippen molar-refractivity contribution >= 4 is 17.7 Å². The van der Waals surface area contributed by atoms with Crippen LogP contribution in [0.25, 0.3) is 17.1 Å². The van der Waals surface area contributed by atoms with Crippen LogP contribution in [0.2, 0.25) is 0 Å². The van der Waals surface area contributed by atoms with Crippen molar-refractivity contribution in [2.24, 2.45) is 0 Å². The van der Waals surface area contributed by atoms with Gasteiger partial charge in [-0.25, -0.2) is 0 Å². The number of aryl methyl sites for hydroxylation is 1. The van der Waals surface area contributed by atoms with Crippen LogP contribution < -0.4 is 4.74 Å². The van der Waals surface area contributed by atoms with E-state index in [9.17, 15) is 4.79 Å². The number of hydrogen-bond donors (Lipinski definition) is 0. The zero-order valence-electron chi connectivity index (χ0n) is 19.9. The number of para-hydroxylation sites is 1. The second-order valence-corrected chi connectivity index (χ2v) is 9.68. The predicted octanol–water partition coefficient (Wildman–Crippen LogP) is 5.38. The van der Waals surface area contributed by atoms with Crippen LogP contribution in [0.3, 0.4) is 0 Å². The lowest BCUT2D eigenvalue weighted by atomic mass is 10.1. The minimum absolute atomic E-state index is 0.0947. The lowest BCUT2D eigenvalue weighted by Crippen LogP contribution is -2.45. The van der Waals surface area contributed by atoms with E-state index in [-0.39, 0.29) is 23.2 Å². The first kappa shape index (κ1) is 23.9. The summed E-state index contributed by atoms with van der Waals surface area (Å²) in [7, 11) is 1.65. The number of ether oxygens (including phenoxy) is 1. The molecule has 2 aromatic carbocycles. The first-order chi connectivity index (χ1) is 15.2. The van der Waals surface area contributed by atoms with Gasteiger partial charge in [-0.1, -0.05) is 41.6 Å². The van der Waals surface area contributed by atoms with Crippen LogP contribution in [0.5, 0.6) is 5.75 Å². The molecule has 32 heavy (non-hydrogen) atoms. The van der Waals surface area contributed by atoms with Gasteiger partial charge in [-0.15, -0.1) is 10.2 Å². The van der Waals surface area contributed by atoms with Gasteiger partial charge in [0.05, 0.1) is 17.9 Å². The number of hydrogen-bond acceptors (Lipinski definition) is 5. The van der Waals surface area contributed by atoms with Gasteiger partial charge in [-0.3, -0.25) is 9.36 Å². The molecule has 0 saturated carbocycles. The standard InChI is InChI=1S/C25H32N4O2S/c1-16(2)28(17(3)4)24(30)19(6)32-25-27-26-23(21-10-8-9-11-22(21)31-7)29(25)20-14-12-18(5)13-15-20/h8-17,19H,1-7H3. The Morgan fingerprint density at radius 1 is 0.969 bits per heavy atom. The Hall–Kier alpha value is -2.80. The second-order valence-electron chi connectivity index (χ2n) is 8.37. The molecule has 1 unspecified atom stereocenters. The minimum atomic E-state index is -0.307. The van der Waals surface area contributed by atoms with E-state index < -0.39 is 0 Å². The van der Waals surface area contributed by atoms with E-state index >= 15 is 0 Å². The Kier molecular flexibility index (Phi) is 7.61. The highest BCUT2D eigenvalue weighted by molar-refractivity contribution is 8.00. The van der Waals surface area contributed by atoms with E-state index in [1.54, 1.807) is 7.11 Å².